The maximum atomic E-state index is 5.83. The molecular formula is C12H20N4O. The Morgan fingerprint density at radius 3 is 2.88 bits per heavy atom. The van der Waals surface area contributed by atoms with Crippen LogP contribution in [0.5, 0.6) is 0 Å². The summed E-state index contributed by atoms with van der Waals surface area (Å²) in [6, 6.07) is 1.84. The zero-order valence-electron chi connectivity index (χ0n) is 10.5. The molecule has 0 atom stereocenters. The molecule has 5 heteroatoms. The fraction of sp³-hybridized carbons (Fsp3) is 0.667. The first kappa shape index (κ1) is 12.1. The molecule has 0 amide bonds. The smallest absolute Gasteiger partial charge is 0.135 e. The summed E-state index contributed by atoms with van der Waals surface area (Å²) in [7, 11) is 0. The van der Waals surface area contributed by atoms with E-state index in [0.717, 1.165) is 44.4 Å². The van der Waals surface area contributed by atoms with Crippen LogP contribution in [0.15, 0.2) is 6.07 Å². The minimum absolute atomic E-state index is 0.292. The first-order valence-electron chi connectivity index (χ1n) is 6.14. The Morgan fingerprint density at radius 2 is 2.12 bits per heavy atom. The Morgan fingerprint density at radius 1 is 1.29 bits per heavy atom. The van der Waals surface area contributed by atoms with E-state index in [1.54, 1.807) is 0 Å². The van der Waals surface area contributed by atoms with Crippen molar-refractivity contribution < 1.29 is 4.74 Å². The molecule has 2 rings (SSSR count). The zero-order chi connectivity index (χ0) is 12.3. The number of rotatable bonds is 2. The van der Waals surface area contributed by atoms with Crippen molar-refractivity contribution >= 4 is 11.6 Å². The number of anilines is 2. The monoisotopic (exact) mass is 236 g/mol. The molecule has 1 aliphatic rings. The molecule has 1 saturated heterocycles. The molecule has 2 N–H and O–H groups in total. The normalized spacial score (nSPS) is 17.2. The predicted octanol–water partition coefficient (Wildman–Crippen LogP) is 1.41. The van der Waals surface area contributed by atoms with Crippen LogP contribution in [0.4, 0.5) is 11.6 Å². The third-order valence-electron chi connectivity index (χ3n) is 2.81. The van der Waals surface area contributed by atoms with E-state index in [9.17, 15) is 0 Å². The topological polar surface area (TPSA) is 64.3 Å². The van der Waals surface area contributed by atoms with Crippen LogP contribution in [0.2, 0.25) is 0 Å². The van der Waals surface area contributed by atoms with Crippen molar-refractivity contribution in [2.24, 2.45) is 0 Å². The van der Waals surface area contributed by atoms with Gasteiger partial charge in [0.15, 0.2) is 0 Å². The number of nitrogens with zero attached hydrogens (tertiary/aromatic N) is 3. The Balaban J connectivity index is 2.23. The number of nitrogen functional groups attached to an aromatic ring is 1. The fourth-order valence-electron chi connectivity index (χ4n) is 1.87. The molecular weight excluding hydrogens is 216 g/mol. The minimum Gasteiger partial charge on any atom is -0.384 e. The van der Waals surface area contributed by atoms with Gasteiger partial charge < -0.3 is 15.4 Å². The molecule has 0 unspecified atom stereocenters. The standard InChI is InChI=1S/C12H20N4O/c1-9(2)12-14-10(13)8-11(15-12)16-4-3-6-17-7-5-16/h8-9H,3-7H2,1-2H3,(H2,13,14,15). The zero-order valence-corrected chi connectivity index (χ0v) is 10.5. The van der Waals surface area contributed by atoms with Crippen LogP contribution in [-0.2, 0) is 4.74 Å². The van der Waals surface area contributed by atoms with E-state index in [2.05, 4.69) is 28.7 Å². The molecule has 0 aromatic carbocycles. The van der Waals surface area contributed by atoms with E-state index in [4.69, 9.17) is 10.5 Å². The highest BCUT2D eigenvalue weighted by Crippen LogP contribution is 2.19. The Labute approximate surface area is 102 Å². The molecule has 0 bridgehead atoms. The molecule has 94 valence electrons. The fourth-order valence-corrected chi connectivity index (χ4v) is 1.87. The van der Waals surface area contributed by atoms with Crippen molar-refractivity contribution in [2.45, 2.75) is 26.2 Å². The van der Waals surface area contributed by atoms with Gasteiger partial charge in [0, 0.05) is 31.7 Å². The van der Waals surface area contributed by atoms with Crippen LogP contribution in [0.3, 0.4) is 0 Å². The summed E-state index contributed by atoms with van der Waals surface area (Å²) < 4.78 is 5.44. The van der Waals surface area contributed by atoms with Gasteiger partial charge in [-0.25, -0.2) is 9.97 Å². The molecule has 1 fully saturated rings. The Kier molecular flexibility index (Phi) is 3.78. The number of aromatic nitrogens is 2. The minimum atomic E-state index is 0.292. The summed E-state index contributed by atoms with van der Waals surface area (Å²) >= 11 is 0. The average Bonchev–Trinajstić information content (AvgIpc) is 2.56. The molecule has 0 saturated carbocycles. The lowest BCUT2D eigenvalue weighted by Gasteiger charge is -2.21. The summed E-state index contributed by atoms with van der Waals surface area (Å²) in [6.45, 7) is 7.56. The maximum Gasteiger partial charge on any atom is 0.135 e. The number of ether oxygens (including phenoxy) is 1. The maximum absolute atomic E-state index is 5.83. The van der Waals surface area contributed by atoms with Gasteiger partial charge in [-0.05, 0) is 6.42 Å². The number of nitrogens with two attached hydrogens (primary N) is 1. The van der Waals surface area contributed by atoms with E-state index in [0.29, 0.717) is 11.7 Å². The molecule has 5 nitrogen and oxygen atoms in total. The van der Waals surface area contributed by atoms with Crippen LogP contribution >= 0.6 is 0 Å². The van der Waals surface area contributed by atoms with Gasteiger partial charge in [0.05, 0.1) is 6.61 Å². The lowest BCUT2D eigenvalue weighted by atomic mass is 10.2. The third kappa shape index (κ3) is 3.06. The van der Waals surface area contributed by atoms with Gasteiger partial charge in [-0.15, -0.1) is 0 Å². The molecule has 17 heavy (non-hydrogen) atoms. The predicted molar refractivity (Wildman–Crippen MR) is 68.2 cm³/mol. The highest BCUT2D eigenvalue weighted by Gasteiger charge is 2.14. The lowest BCUT2D eigenvalue weighted by Crippen LogP contribution is -2.27. The number of hydrogen-bond acceptors (Lipinski definition) is 5. The second-order valence-corrected chi connectivity index (χ2v) is 4.62. The second kappa shape index (κ2) is 5.31. The van der Waals surface area contributed by atoms with Crippen molar-refractivity contribution in [1.29, 1.82) is 0 Å². The van der Waals surface area contributed by atoms with E-state index >= 15 is 0 Å². The van der Waals surface area contributed by atoms with Crippen LogP contribution < -0.4 is 10.6 Å². The molecule has 1 aliphatic heterocycles. The first-order valence-corrected chi connectivity index (χ1v) is 6.14. The largest absolute Gasteiger partial charge is 0.384 e. The number of hydrogen-bond donors (Lipinski definition) is 1. The summed E-state index contributed by atoms with van der Waals surface area (Å²) in [5, 5.41) is 0. The molecule has 0 aliphatic carbocycles. The molecule has 0 radical (unpaired) electrons. The van der Waals surface area contributed by atoms with Crippen LogP contribution in [0.25, 0.3) is 0 Å². The van der Waals surface area contributed by atoms with E-state index in [-0.39, 0.29) is 0 Å². The van der Waals surface area contributed by atoms with Crippen LogP contribution in [-0.4, -0.2) is 36.3 Å². The highest BCUT2D eigenvalue weighted by atomic mass is 16.5. The van der Waals surface area contributed by atoms with E-state index in [1.165, 1.54) is 0 Å². The quantitative estimate of drug-likeness (QED) is 0.841. The van der Waals surface area contributed by atoms with Crippen molar-refractivity contribution in [3.05, 3.63) is 11.9 Å². The molecule has 0 spiro atoms. The Hall–Kier alpha value is -1.36. The third-order valence-corrected chi connectivity index (χ3v) is 2.81. The first-order chi connectivity index (χ1) is 8.16. The summed E-state index contributed by atoms with van der Waals surface area (Å²) in [6.07, 6.45) is 1.03. The van der Waals surface area contributed by atoms with Crippen molar-refractivity contribution in [3.8, 4) is 0 Å². The van der Waals surface area contributed by atoms with Crippen molar-refractivity contribution in [3.63, 3.8) is 0 Å². The Bertz CT molecular complexity index is 373. The van der Waals surface area contributed by atoms with Gasteiger partial charge in [0.2, 0.25) is 0 Å². The summed E-state index contributed by atoms with van der Waals surface area (Å²) in [5.74, 6) is 2.57. The van der Waals surface area contributed by atoms with Crippen LogP contribution in [0, 0.1) is 0 Å². The van der Waals surface area contributed by atoms with Gasteiger partial charge in [-0.2, -0.15) is 0 Å². The van der Waals surface area contributed by atoms with Gasteiger partial charge >= 0.3 is 0 Å². The summed E-state index contributed by atoms with van der Waals surface area (Å²) in [5.41, 5.74) is 5.83. The van der Waals surface area contributed by atoms with Gasteiger partial charge in [0.1, 0.15) is 17.5 Å². The summed E-state index contributed by atoms with van der Waals surface area (Å²) in [4.78, 5) is 11.1. The average molecular weight is 236 g/mol. The van der Waals surface area contributed by atoms with Crippen LogP contribution in [0.1, 0.15) is 32.0 Å². The second-order valence-electron chi connectivity index (χ2n) is 4.62. The lowest BCUT2D eigenvalue weighted by molar-refractivity contribution is 0.152. The molecule has 1 aromatic rings. The van der Waals surface area contributed by atoms with Gasteiger partial charge in [0.25, 0.3) is 0 Å². The van der Waals surface area contributed by atoms with Crippen molar-refractivity contribution in [2.75, 3.05) is 36.9 Å². The van der Waals surface area contributed by atoms with Gasteiger partial charge in [-0.3, -0.25) is 0 Å². The SMILES string of the molecule is CC(C)c1nc(N)cc(N2CCCOCC2)n1. The van der Waals surface area contributed by atoms with Gasteiger partial charge in [-0.1, -0.05) is 13.8 Å². The van der Waals surface area contributed by atoms with E-state index in [1.807, 2.05) is 6.07 Å². The molecule has 2 heterocycles. The molecule has 1 aromatic heterocycles. The highest BCUT2D eigenvalue weighted by molar-refractivity contribution is 5.47. The van der Waals surface area contributed by atoms with Crippen molar-refractivity contribution in [1.82, 2.24) is 9.97 Å². The van der Waals surface area contributed by atoms with E-state index < -0.39 is 0 Å².